The number of alkyl halides is 2. The molecule has 0 heterocycles. The molecule has 0 aromatic carbocycles. The van der Waals surface area contributed by atoms with Crippen molar-refractivity contribution in [2.75, 3.05) is 48.0 Å². The first-order valence-corrected chi connectivity index (χ1v) is 9.75. The summed E-state index contributed by atoms with van der Waals surface area (Å²) in [6, 6.07) is 0. The molecule has 0 bridgehead atoms. The minimum atomic E-state index is 0.154. The van der Waals surface area contributed by atoms with Crippen LogP contribution in [0, 0.1) is 0 Å². The van der Waals surface area contributed by atoms with Crippen LogP contribution in [-0.4, -0.2) is 68.7 Å². The monoisotopic (exact) mass is 338 g/mol. The zero-order valence-electron chi connectivity index (χ0n) is 9.69. The van der Waals surface area contributed by atoms with E-state index in [1.165, 1.54) is 0 Å². The van der Waals surface area contributed by atoms with Crippen LogP contribution in [0.5, 0.6) is 0 Å². The van der Waals surface area contributed by atoms with E-state index in [1.54, 1.807) is 23.5 Å². The van der Waals surface area contributed by atoms with Gasteiger partial charge in [-0.25, -0.2) is 0 Å². The van der Waals surface area contributed by atoms with Crippen LogP contribution in [0.1, 0.15) is 0 Å². The minimum Gasteiger partial charge on any atom is -0.396 e. The second kappa shape index (κ2) is 14.0. The van der Waals surface area contributed by atoms with Crippen LogP contribution in [0.4, 0.5) is 0 Å². The largest absolute Gasteiger partial charge is 0.396 e. The van der Waals surface area contributed by atoms with E-state index < -0.39 is 0 Å². The lowest BCUT2D eigenvalue weighted by Crippen LogP contribution is -2.18. The van der Waals surface area contributed by atoms with Gasteiger partial charge in [0.2, 0.25) is 0 Å². The van der Waals surface area contributed by atoms with Crippen LogP contribution >= 0.6 is 58.5 Å². The smallest absolute Gasteiger partial charge is 0.0558 e. The van der Waals surface area contributed by atoms with Gasteiger partial charge in [0.15, 0.2) is 0 Å². The van der Waals surface area contributed by atoms with Gasteiger partial charge in [-0.15, -0.1) is 23.2 Å². The molecule has 2 unspecified atom stereocenters. The van der Waals surface area contributed by atoms with E-state index in [0.29, 0.717) is 22.8 Å². The van der Waals surface area contributed by atoms with Crippen LogP contribution in [0.25, 0.3) is 0 Å². The van der Waals surface area contributed by atoms with Crippen molar-refractivity contribution < 1.29 is 10.2 Å². The van der Waals surface area contributed by atoms with Crippen molar-refractivity contribution in [3.05, 3.63) is 0 Å². The van der Waals surface area contributed by atoms with Crippen molar-refractivity contribution in [2.24, 2.45) is 0 Å². The van der Waals surface area contributed by atoms with Gasteiger partial charge >= 0.3 is 0 Å². The molecule has 0 saturated carbocycles. The summed E-state index contributed by atoms with van der Waals surface area (Å²) in [5, 5.41) is 18.5. The molecule has 0 fully saturated rings. The van der Waals surface area contributed by atoms with E-state index in [0.717, 1.165) is 17.3 Å². The van der Waals surface area contributed by atoms with Crippen LogP contribution in [0.2, 0.25) is 0 Å². The summed E-state index contributed by atoms with van der Waals surface area (Å²) < 4.78 is 0. The third kappa shape index (κ3) is 11.1. The fourth-order valence-corrected chi connectivity index (χ4v) is 5.03. The van der Waals surface area contributed by atoms with Crippen molar-refractivity contribution in [3.8, 4) is 0 Å². The zero-order chi connectivity index (χ0) is 12.9. The number of halogens is 2. The van der Waals surface area contributed by atoms with Crippen LogP contribution < -0.4 is 0 Å². The summed E-state index contributed by atoms with van der Waals surface area (Å²) in [6.45, 7) is 0.317. The average molecular weight is 339 g/mol. The molecule has 0 saturated heterocycles. The van der Waals surface area contributed by atoms with Gasteiger partial charge in [-0.3, -0.25) is 0 Å². The third-order valence-electron chi connectivity index (χ3n) is 1.86. The quantitative estimate of drug-likeness (QED) is 0.422. The van der Waals surface area contributed by atoms with Crippen LogP contribution in [-0.2, 0) is 0 Å². The van der Waals surface area contributed by atoms with Gasteiger partial charge in [-0.2, -0.15) is 35.3 Å². The predicted octanol–water partition coefficient (Wildman–Crippen LogP) is 2.39. The molecule has 0 amide bonds. The maximum absolute atomic E-state index is 9.18. The van der Waals surface area contributed by atoms with Gasteiger partial charge in [0.05, 0.1) is 13.2 Å². The molecule has 0 aliphatic rings. The standard InChI is InChI=1S/C10H20Cl2O2S3/c11-1-3-15-7-9(5-12)17-8-10(6-14)16-4-2-13/h9-10,13-14H,1-8H2. The van der Waals surface area contributed by atoms with Gasteiger partial charge < -0.3 is 10.2 Å². The molecule has 0 aromatic heterocycles. The second-order valence-electron chi connectivity index (χ2n) is 3.27. The number of aliphatic hydroxyl groups excluding tert-OH is 2. The molecule has 0 rings (SSSR count). The van der Waals surface area contributed by atoms with Crippen LogP contribution in [0.15, 0.2) is 0 Å². The highest BCUT2D eigenvalue weighted by Crippen LogP contribution is 2.23. The molecular weight excluding hydrogens is 319 g/mol. The molecule has 0 radical (unpaired) electrons. The van der Waals surface area contributed by atoms with E-state index in [4.69, 9.17) is 28.3 Å². The van der Waals surface area contributed by atoms with Gasteiger partial charge in [0.25, 0.3) is 0 Å². The van der Waals surface area contributed by atoms with Gasteiger partial charge in [-0.05, 0) is 0 Å². The highest BCUT2D eigenvalue weighted by atomic mass is 35.5. The molecule has 17 heavy (non-hydrogen) atoms. The lowest BCUT2D eigenvalue weighted by molar-refractivity contribution is 0.299. The van der Waals surface area contributed by atoms with Gasteiger partial charge in [-0.1, -0.05) is 0 Å². The van der Waals surface area contributed by atoms with Crippen molar-refractivity contribution in [1.29, 1.82) is 0 Å². The maximum atomic E-state index is 9.18. The summed E-state index contributed by atoms with van der Waals surface area (Å²) in [4.78, 5) is 0. The van der Waals surface area contributed by atoms with E-state index in [9.17, 15) is 5.11 Å². The molecule has 2 nitrogen and oxygen atoms in total. The Hall–Kier alpha value is 1.55. The molecule has 104 valence electrons. The van der Waals surface area contributed by atoms with Crippen LogP contribution in [0.3, 0.4) is 0 Å². The third-order valence-corrected chi connectivity index (χ3v) is 6.99. The zero-order valence-corrected chi connectivity index (χ0v) is 13.6. The van der Waals surface area contributed by atoms with Gasteiger partial charge in [0, 0.05) is 45.3 Å². The Kier molecular flexibility index (Phi) is 15.2. The van der Waals surface area contributed by atoms with Crippen molar-refractivity contribution in [3.63, 3.8) is 0 Å². The molecule has 0 spiro atoms. The molecule has 2 N–H and O–H groups in total. The van der Waals surface area contributed by atoms with Crippen molar-refractivity contribution in [2.45, 2.75) is 10.5 Å². The first kappa shape index (κ1) is 18.6. The Labute approximate surface area is 127 Å². The van der Waals surface area contributed by atoms with E-state index in [-0.39, 0.29) is 18.5 Å². The first-order chi connectivity index (χ1) is 8.28. The van der Waals surface area contributed by atoms with Crippen molar-refractivity contribution >= 4 is 58.5 Å². The molecule has 7 heteroatoms. The summed E-state index contributed by atoms with van der Waals surface area (Å²) in [7, 11) is 0. The number of thioether (sulfide) groups is 3. The SMILES string of the molecule is OCCSC(CO)CSC(CCl)CSCCCl. The Morgan fingerprint density at radius 2 is 1.71 bits per heavy atom. The highest BCUT2D eigenvalue weighted by Gasteiger charge is 2.13. The predicted molar refractivity (Wildman–Crippen MR) is 85.4 cm³/mol. The lowest BCUT2D eigenvalue weighted by Gasteiger charge is -2.17. The Morgan fingerprint density at radius 3 is 2.24 bits per heavy atom. The number of rotatable bonds is 12. The summed E-state index contributed by atoms with van der Waals surface area (Å²) in [5.41, 5.74) is 0. The topological polar surface area (TPSA) is 40.5 Å². The van der Waals surface area contributed by atoms with E-state index in [2.05, 4.69) is 0 Å². The molecule has 2 atom stereocenters. The summed E-state index contributed by atoms with van der Waals surface area (Å²) in [5.74, 6) is 4.82. The average Bonchev–Trinajstić information content (AvgIpc) is 2.36. The number of aliphatic hydroxyl groups is 2. The fraction of sp³-hybridized carbons (Fsp3) is 1.00. The molecular formula is C10H20Cl2O2S3. The Morgan fingerprint density at radius 1 is 0.941 bits per heavy atom. The lowest BCUT2D eigenvalue weighted by atomic mass is 10.5. The summed E-state index contributed by atoms with van der Waals surface area (Å²) in [6.07, 6.45) is 0. The second-order valence-corrected chi connectivity index (χ2v) is 7.85. The normalized spacial score (nSPS) is 14.8. The molecule has 0 aromatic rings. The highest BCUT2D eigenvalue weighted by molar-refractivity contribution is 8.05. The number of hydrogen-bond acceptors (Lipinski definition) is 5. The van der Waals surface area contributed by atoms with Gasteiger partial charge in [0.1, 0.15) is 0 Å². The number of hydrogen-bond donors (Lipinski definition) is 2. The van der Waals surface area contributed by atoms with E-state index in [1.807, 2.05) is 11.8 Å². The Balaban J connectivity index is 3.69. The minimum absolute atomic E-state index is 0.154. The molecule has 0 aliphatic carbocycles. The molecule has 0 aliphatic heterocycles. The summed E-state index contributed by atoms with van der Waals surface area (Å²) >= 11 is 16.7. The van der Waals surface area contributed by atoms with Crippen molar-refractivity contribution in [1.82, 2.24) is 0 Å². The first-order valence-electron chi connectivity index (χ1n) is 5.43. The van der Waals surface area contributed by atoms with E-state index >= 15 is 0 Å². The Bertz CT molecular complexity index is 166. The maximum Gasteiger partial charge on any atom is 0.0558 e. The fourth-order valence-electron chi connectivity index (χ4n) is 1.02.